The van der Waals surface area contributed by atoms with E-state index in [4.69, 9.17) is 14.9 Å². The average Bonchev–Trinajstić information content (AvgIpc) is 2.91. The van der Waals surface area contributed by atoms with Crippen LogP contribution in [0.1, 0.15) is 24.3 Å². The Hall–Kier alpha value is -2.26. The Morgan fingerprint density at radius 3 is 2.75 bits per heavy atom. The van der Waals surface area contributed by atoms with E-state index in [1.54, 1.807) is 0 Å². The Kier molecular flexibility index (Phi) is 3.44. The molecule has 0 fully saturated rings. The minimum Gasteiger partial charge on any atom is -0.494 e. The Labute approximate surface area is 118 Å². The van der Waals surface area contributed by atoms with E-state index in [0.29, 0.717) is 6.61 Å². The van der Waals surface area contributed by atoms with Gasteiger partial charge in [-0.1, -0.05) is 30.3 Å². The first-order valence-electron chi connectivity index (χ1n) is 6.74. The van der Waals surface area contributed by atoms with Gasteiger partial charge < -0.3 is 14.9 Å². The van der Waals surface area contributed by atoms with Crippen molar-refractivity contribution in [1.29, 1.82) is 0 Å². The van der Waals surface area contributed by atoms with Gasteiger partial charge >= 0.3 is 0 Å². The van der Waals surface area contributed by atoms with Gasteiger partial charge in [0.2, 0.25) is 0 Å². The lowest BCUT2D eigenvalue weighted by Gasteiger charge is -2.11. The Balaban J connectivity index is 1.94. The molecule has 102 valence electrons. The molecular weight excluding hydrogens is 250 g/mol. The van der Waals surface area contributed by atoms with E-state index >= 15 is 0 Å². The summed E-state index contributed by atoms with van der Waals surface area (Å²) < 4.78 is 11.3. The van der Waals surface area contributed by atoms with Gasteiger partial charge in [-0.2, -0.15) is 0 Å². The fourth-order valence-electron chi connectivity index (χ4n) is 2.28. The maximum Gasteiger partial charge on any atom is 0.134 e. The van der Waals surface area contributed by atoms with E-state index in [9.17, 15) is 0 Å². The van der Waals surface area contributed by atoms with Crippen LogP contribution in [-0.4, -0.2) is 6.61 Å². The number of ether oxygens (including phenoxy) is 1. The third-order valence-electron chi connectivity index (χ3n) is 3.28. The van der Waals surface area contributed by atoms with Gasteiger partial charge in [0.15, 0.2) is 0 Å². The summed E-state index contributed by atoms with van der Waals surface area (Å²) in [6.45, 7) is 2.61. The summed E-state index contributed by atoms with van der Waals surface area (Å²) >= 11 is 0. The minimum atomic E-state index is -0.289. The number of nitrogens with two attached hydrogens (primary N) is 1. The molecule has 0 saturated heterocycles. The van der Waals surface area contributed by atoms with Gasteiger partial charge in [-0.25, -0.2) is 0 Å². The van der Waals surface area contributed by atoms with Crippen molar-refractivity contribution >= 4 is 11.0 Å². The van der Waals surface area contributed by atoms with Crippen LogP contribution < -0.4 is 10.5 Å². The maximum atomic E-state index is 6.30. The van der Waals surface area contributed by atoms with Crippen molar-refractivity contribution in [2.45, 2.75) is 13.0 Å². The average molecular weight is 267 g/mol. The number of hydrogen-bond acceptors (Lipinski definition) is 3. The zero-order valence-corrected chi connectivity index (χ0v) is 11.4. The van der Waals surface area contributed by atoms with Crippen molar-refractivity contribution in [1.82, 2.24) is 0 Å². The van der Waals surface area contributed by atoms with Gasteiger partial charge in [0.1, 0.15) is 17.1 Å². The molecule has 1 aromatic heterocycles. The first-order valence-corrected chi connectivity index (χ1v) is 6.74. The lowest BCUT2D eigenvalue weighted by molar-refractivity contribution is 0.339. The number of benzene rings is 2. The number of hydrogen-bond donors (Lipinski definition) is 1. The van der Waals surface area contributed by atoms with E-state index in [0.717, 1.165) is 28.0 Å². The van der Waals surface area contributed by atoms with Gasteiger partial charge in [0.05, 0.1) is 12.6 Å². The van der Waals surface area contributed by atoms with E-state index in [1.807, 2.05) is 61.5 Å². The van der Waals surface area contributed by atoms with Crippen LogP contribution in [0, 0.1) is 0 Å². The molecule has 0 aliphatic carbocycles. The van der Waals surface area contributed by atoms with Crippen molar-refractivity contribution in [2.24, 2.45) is 5.73 Å². The molecule has 1 heterocycles. The molecule has 3 rings (SSSR count). The van der Waals surface area contributed by atoms with Crippen LogP contribution in [0.25, 0.3) is 11.0 Å². The molecule has 0 saturated carbocycles. The largest absolute Gasteiger partial charge is 0.494 e. The highest BCUT2D eigenvalue weighted by atomic mass is 16.5. The third-order valence-corrected chi connectivity index (χ3v) is 3.28. The molecule has 0 aliphatic heterocycles. The maximum absolute atomic E-state index is 6.30. The van der Waals surface area contributed by atoms with Crippen molar-refractivity contribution in [3.63, 3.8) is 0 Å². The zero-order chi connectivity index (χ0) is 13.9. The van der Waals surface area contributed by atoms with E-state index in [1.165, 1.54) is 0 Å². The normalized spacial score (nSPS) is 12.5. The first kappa shape index (κ1) is 12.8. The van der Waals surface area contributed by atoms with E-state index < -0.39 is 0 Å². The molecule has 2 aromatic carbocycles. The van der Waals surface area contributed by atoms with Gasteiger partial charge in [0.25, 0.3) is 0 Å². The minimum absolute atomic E-state index is 0.289. The SMILES string of the molecule is CCOc1cccc(C(N)c2cc3ccccc3o2)c1. The van der Waals surface area contributed by atoms with Crippen molar-refractivity contribution in [2.75, 3.05) is 6.61 Å². The monoisotopic (exact) mass is 267 g/mol. The lowest BCUT2D eigenvalue weighted by atomic mass is 10.0. The summed E-state index contributed by atoms with van der Waals surface area (Å²) in [5, 5.41) is 1.07. The molecule has 1 atom stereocenters. The third kappa shape index (κ3) is 2.40. The van der Waals surface area contributed by atoms with Crippen molar-refractivity contribution in [3.8, 4) is 5.75 Å². The fraction of sp³-hybridized carbons (Fsp3) is 0.176. The fourth-order valence-corrected chi connectivity index (χ4v) is 2.28. The summed E-state index contributed by atoms with van der Waals surface area (Å²) in [6.07, 6.45) is 0. The predicted molar refractivity (Wildman–Crippen MR) is 79.9 cm³/mol. The Morgan fingerprint density at radius 1 is 1.10 bits per heavy atom. The summed E-state index contributed by atoms with van der Waals surface area (Å²) in [4.78, 5) is 0. The molecule has 0 radical (unpaired) electrons. The second-order valence-corrected chi connectivity index (χ2v) is 4.67. The second-order valence-electron chi connectivity index (χ2n) is 4.67. The number of rotatable bonds is 4. The topological polar surface area (TPSA) is 48.4 Å². The number of fused-ring (bicyclic) bond motifs is 1. The van der Waals surface area contributed by atoms with E-state index in [2.05, 4.69) is 0 Å². The summed E-state index contributed by atoms with van der Waals surface area (Å²) in [5.74, 6) is 1.59. The van der Waals surface area contributed by atoms with Crippen LogP contribution in [0.15, 0.2) is 59.0 Å². The number of para-hydroxylation sites is 1. The molecule has 0 bridgehead atoms. The second kappa shape index (κ2) is 5.39. The highest BCUT2D eigenvalue weighted by Crippen LogP contribution is 2.28. The van der Waals surface area contributed by atoms with Gasteiger partial charge in [-0.15, -0.1) is 0 Å². The highest BCUT2D eigenvalue weighted by Gasteiger charge is 2.14. The summed E-state index contributed by atoms with van der Waals surface area (Å²) in [7, 11) is 0. The quantitative estimate of drug-likeness (QED) is 0.780. The lowest BCUT2D eigenvalue weighted by Crippen LogP contribution is -2.10. The molecule has 0 spiro atoms. The number of furan rings is 1. The van der Waals surface area contributed by atoms with Gasteiger partial charge in [0, 0.05) is 5.39 Å². The molecule has 0 amide bonds. The first-order chi connectivity index (χ1) is 9.78. The van der Waals surface area contributed by atoms with Crippen LogP contribution in [0.2, 0.25) is 0 Å². The molecular formula is C17H17NO2. The summed E-state index contributed by atoms with van der Waals surface area (Å²) in [5.41, 5.74) is 8.14. The van der Waals surface area contributed by atoms with Gasteiger partial charge in [-0.05, 0) is 36.8 Å². The standard InChI is InChI=1S/C17H17NO2/c1-2-19-14-8-5-7-13(10-14)17(18)16-11-12-6-3-4-9-15(12)20-16/h3-11,17H,2,18H2,1H3. The molecule has 1 unspecified atom stereocenters. The van der Waals surface area contributed by atoms with Crippen LogP contribution >= 0.6 is 0 Å². The highest BCUT2D eigenvalue weighted by molar-refractivity contribution is 5.77. The molecule has 3 aromatic rings. The molecule has 2 N–H and O–H groups in total. The molecule has 3 nitrogen and oxygen atoms in total. The van der Waals surface area contributed by atoms with Crippen LogP contribution in [0.5, 0.6) is 5.75 Å². The van der Waals surface area contributed by atoms with Gasteiger partial charge in [-0.3, -0.25) is 0 Å². The van der Waals surface area contributed by atoms with Crippen molar-refractivity contribution in [3.05, 3.63) is 65.9 Å². The zero-order valence-electron chi connectivity index (χ0n) is 11.4. The van der Waals surface area contributed by atoms with Crippen LogP contribution in [0.4, 0.5) is 0 Å². The molecule has 0 aliphatic rings. The Morgan fingerprint density at radius 2 is 1.95 bits per heavy atom. The molecule has 20 heavy (non-hydrogen) atoms. The molecule has 3 heteroatoms. The summed E-state index contributed by atoms with van der Waals surface area (Å²) in [6, 6.07) is 17.4. The predicted octanol–water partition coefficient (Wildman–Crippen LogP) is 3.88. The van der Waals surface area contributed by atoms with Crippen LogP contribution in [-0.2, 0) is 0 Å². The smallest absolute Gasteiger partial charge is 0.134 e. The van der Waals surface area contributed by atoms with Crippen molar-refractivity contribution < 1.29 is 9.15 Å². The Bertz CT molecular complexity index is 685. The van der Waals surface area contributed by atoms with Crippen LogP contribution in [0.3, 0.4) is 0 Å². The van der Waals surface area contributed by atoms with E-state index in [-0.39, 0.29) is 6.04 Å².